The number of carbonyl (C=O) groups excluding carboxylic acids is 2. The van der Waals surface area contributed by atoms with Gasteiger partial charge in [-0.05, 0) is 79.1 Å². The van der Waals surface area contributed by atoms with Gasteiger partial charge >= 0.3 is 0 Å². The highest BCUT2D eigenvalue weighted by Gasteiger charge is 2.54. The van der Waals surface area contributed by atoms with Crippen molar-refractivity contribution in [2.45, 2.75) is 50.2 Å². The van der Waals surface area contributed by atoms with Crippen LogP contribution in [0.15, 0.2) is 60.9 Å². The minimum absolute atomic E-state index is 0.0968. The fourth-order valence-corrected chi connectivity index (χ4v) is 5.19. The number of ether oxygens (including phenoxy) is 2. The molecule has 6 nitrogen and oxygen atoms in total. The van der Waals surface area contributed by atoms with E-state index in [0.717, 1.165) is 31.2 Å². The van der Waals surface area contributed by atoms with Crippen LogP contribution in [0.1, 0.15) is 63.1 Å². The lowest BCUT2D eigenvalue weighted by Gasteiger charge is -2.28. The quantitative estimate of drug-likeness (QED) is 0.527. The summed E-state index contributed by atoms with van der Waals surface area (Å²) in [5, 5.41) is 9.60. The lowest BCUT2D eigenvalue weighted by atomic mass is 9.71. The number of fused-ring (bicyclic) bond motifs is 1. The molecule has 1 N–H and O–H groups in total. The maximum atomic E-state index is 14.0. The van der Waals surface area contributed by atoms with Gasteiger partial charge < -0.3 is 14.6 Å². The number of hydrogen-bond acceptors (Lipinski definition) is 6. The Labute approximate surface area is 198 Å². The Morgan fingerprint density at radius 2 is 1.65 bits per heavy atom. The van der Waals surface area contributed by atoms with Gasteiger partial charge in [-0.2, -0.15) is 0 Å². The molecule has 2 aromatic carbocycles. The van der Waals surface area contributed by atoms with Gasteiger partial charge in [0.15, 0.2) is 23.1 Å². The van der Waals surface area contributed by atoms with Crippen molar-refractivity contribution >= 4 is 11.6 Å². The number of rotatable bonds is 7. The van der Waals surface area contributed by atoms with Gasteiger partial charge in [0.05, 0.1) is 19.8 Å². The van der Waals surface area contributed by atoms with E-state index in [4.69, 9.17) is 9.47 Å². The van der Waals surface area contributed by atoms with E-state index in [1.807, 2.05) is 12.1 Å². The van der Waals surface area contributed by atoms with Gasteiger partial charge in [-0.15, -0.1) is 0 Å². The number of aromatic nitrogens is 1. The molecule has 2 aliphatic rings. The SMILES string of the molecule is COc1ccc(C2(Cc3ccncc3)C(=O)c3ccc(CO)cc3C2=O)cc1OC1CCCC1. The molecule has 5 rings (SSSR count). The van der Waals surface area contributed by atoms with Crippen LogP contribution in [0.4, 0.5) is 0 Å². The molecule has 6 heteroatoms. The number of benzene rings is 2. The molecule has 1 saturated carbocycles. The molecule has 2 aliphatic carbocycles. The first-order valence-electron chi connectivity index (χ1n) is 11.6. The first-order valence-corrected chi connectivity index (χ1v) is 11.6. The Kier molecular flexibility index (Phi) is 5.92. The number of carbonyl (C=O) groups is 2. The second kappa shape index (κ2) is 9.03. The van der Waals surface area contributed by atoms with Crippen molar-refractivity contribution in [3.05, 3.63) is 88.7 Å². The van der Waals surface area contributed by atoms with Gasteiger partial charge in [0.1, 0.15) is 5.41 Å². The number of methoxy groups -OCH3 is 1. The first kappa shape index (κ1) is 22.3. The smallest absolute Gasteiger partial charge is 0.182 e. The van der Waals surface area contributed by atoms with Crippen LogP contribution in [0.2, 0.25) is 0 Å². The third-order valence-electron chi connectivity index (χ3n) is 7.00. The summed E-state index contributed by atoms with van der Waals surface area (Å²) < 4.78 is 11.8. The number of hydrogen-bond donors (Lipinski definition) is 1. The summed E-state index contributed by atoms with van der Waals surface area (Å²) in [4.78, 5) is 32.1. The van der Waals surface area contributed by atoms with Gasteiger partial charge in [-0.1, -0.05) is 18.2 Å². The Morgan fingerprint density at radius 3 is 2.35 bits per heavy atom. The monoisotopic (exact) mass is 457 g/mol. The predicted molar refractivity (Wildman–Crippen MR) is 127 cm³/mol. The van der Waals surface area contributed by atoms with Gasteiger partial charge in [0, 0.05) is 23.5 Å². The van der Waals surface area contributed by atoms with Gasteiger partial charge in [-0.25, -0.2) is 0 Å². The van der Waals surface area contributed by atoms with Crippen LogP contribution in [0, 0.1) is 0 Å². The zero-order valence-corrected chi connectivity index (χ0v) is 19.1. The minimum atomic E-state index is -1.43. The molecule has 0 saturated heterocycles. The molecule has 1 aromatic heterocycles. The number of ketones is 2. The van der Waals surface area contributed by atoms with E-state index < -0.39 is 5.41 Å². The zero-order valence-electron chi connectivity index (χ0n) is 19.1. The summed E-state index contributed by atoms with van der Waals surface area (Å²) in [6.07, 6.45) is 7.81. The Hall–Kier alpha value is -3.51. The maximum absolute atomic E-state index is 14.0. The molecule has 174 valence electrons. The second-order valence-corrected chi connectivity index (χ2v) is 9.02. The highest BCUT2D eigenvalue weighted by atomic mass is 16.5. The van der Waals surface area contributed by atoms with Crippen LogP contribution in [-0.2, 0) is 18.4 Å². The van der Waals surface area contributed by atoms with Gasteiger partial charge in [0.2, 0.25) is 0 Å². The zero-order chi connectivity index (χ0) is 23.7. The lowest BCUT2D eigenvalue weighted by molar-refractivity contribution is 0.0792. The molecule has 1 heterocycles. The van der Waals surface area contributed by atoms with Gasteiger partial charge in [0.25, 0.3) is 0 Å². The van der Waals surface area contributed by atoms with Crippen LogP contribution in [0.5, 0.6) is 11.5 Å². The van der Waals surface area contributed by atoms with E-state index >= 15 is 0 Å². The Morgan fingerprint density at radius 1 is 0.912 bits per heavy atom. The average Bonchev–Trinajstić information content (AvgIpc) is 3.46. The van der Waals surface area contributed by atoms with E-state index in [1.165, 1.54) is 0 Å². The Balaban J connectivity index is 1.65. The largest absolute Gasteiger partial charge is 0.493 e. The molecular weight excluding hydrogens is 430 g/mol. The third-order valence-corrected chi connectivity index (χ3v) is 7.00. The molecule has 0 amide bonds. The highest BCUT2D eigenvalue weighted by molar-refractivity contribution is 6.33. The predicted octanol–water partition coefficient (Wildman–Crippen LogP) is 4.46. The highest BCUT2D eigenvalue weighted by Crippen LogP contribution is 2.45. The van der Waals surface area contributed by atoms with Crippen molar-refractivity contribution in [3.63, 3.8) is 0 Å². The number of nitrogens with zero attached hydrogens (tertiary/aromatic N) is 1. The van der Waals surface area contributed by atoms with E-state index in [2.05, 4.69) is 4.98 Å². The summed E-state index contributed by atoms with van der Waals surface area (Å²) in [6.45, 7) is -0.200. The summed E-state index contributed by atoms with van der Waals surface area (Å²) >= 11 is 0. The molecule has 34 heavy (non-hydrogen) atoms. The van der Waals surface area contributed by atoms with Crippen molar-refractivity contribution < 1.29 is 24.2 Å². The summed E-state index contributed by atoms with van der Waals surface area (Å²) in [5.41, 5.74) is 1.30. The Bertz CT molecular complexity index is 1230. The standard InChI is InChI=1S/C28H27NO5/c1-33-24-9-7-20(15-25(24)34-21-4-2-3-5-21)28(16-18-10-12-29-13-11-18)26(31)22-8-6-19(17-30)14-23(22)27(28)32/h6-15,21,30H,2-5,16-17H2,1H3. The fraction of sp³-hybridized carbons (Fsp3) is 0.321. The summed E-state index contributed by atoms with van der Waals surface area (Å²) in [5.74, 6) is 0.615. The third kappa shape index (κ3) is 3.68. The molecule has 0 bridgehead atoms. The fourth-order valence-electron chi connectivity index (χ4n) is 5.19. The van der Waals surface area contributed by atoms with Crippen LogP contribution < -0.4 is 9.47 Å². The van der Waals surface area contributed by atoms with Crippen LogP contribution in [-0.4, -0.2) is 34.9 Å². The van der Waals surface area contributed by atoms with E-state index in [0.29, 0.717) is 33.8 Å². The molecule has 1 fully saturated rings. The number of aliphatic hydroxyl groups excluding tert-OH is 1. The van der Waals surface area contributed by atoms with Gasteiger partial charge in [-0.3, -0.25) is 14.6 Å². The average molecular weight is 458 g/mol. The number of pyridine rings is 1. The van der Waals surface area contributed by atoms with Crippen LogP contribution in [0.25, 0.3) is 0 Å². The number of aliphatic hydroxyl groups is 1. The van der Waals surface area contributed by atoms with E-state index in [-0.39, 0.29) is 30.7 Å². The minimum Gasteiger partial charge on any atom is -0.493 e. The topological polar surface area (TPSA) is 85.7 Å². The second-order valence-electron chi connectivity index (χ2n) is 9.02. The van der Waals surface area contributed by atoms with E-state index in [1.54, 1.807) is 55.9 Å². The van der Waals surface area contributed by atoms with Crippen molar-refractivity contribution in [1.29, 1.82) is 0 Å². The van der Waals surface area contributed by atoms with Crippen molar-refractivity contribution in [2.24, 2.45) is 0 Å². The number of Topliss-reactive ketones (excluding diaryl/α,β-unsaturated/α-hetero) is 2. The van der Waals surface area contributed by atoms with Crippen molar-refractivity contribution in [3.8, 4) is 11.5 Å². The molecule has 0 radical (unpaired) electrons. The molecule has 0 spiro atoms. The van der Waals surface area contributed by atoms with Crippen molar-refractivity contribution in [2.75, 3.05) is 7.11 Å². The molecule has 3 aromatic rings. The summed E-state index contributed by atoms with van der Waals surface area (Å²) in [6, 6.07) is 14.0. The van der Waals surface area contributed by atoms with E-state index in [9.17, 15) is 14.7 Å². The molecule has 1 atom stereocenters. The maximum Gasteiger partial charge on any atom is 0.182 e. The van der Waals surface area contributed by atoms with Crippen molar-refractivity contribution in [1.82, 2.24) is 4.98 Å². The molecule has 0 aliphatic heterocycles. The van der Waals surface area contributed by atoms with Crippen LogP contribution in [0.3, 0.4) is 0 Å². The molecule has 1 unspecified atom stereocenters. The summed E-state index contributed by atoms with van der Waals surface area (Å²) in [7, 11) is 1.58. The first-order chi connectivity index (χ1) is 16.6. The van der Waals surface area contributed by atoms with Crippen LogP contribution >= 0.6 is 0 Å². The normalized spacial score (nSPS) is 19.9. The molecular formula is C28H27NO5. The lowest BCUT2D eigenvalue weighted by Crippen LogP contribution is -2.40.